The zero-order valence-electron chi connectivity index (χ0n) is 18.4. The molecule has 2 aromatic rings. The third kappa shape index (κ3) is 8.30. The highest BCUT2D eigenvalue weighted by Gasteiger charge is 2.31. The monoisotopic (exact) mass is 550 g/mol. The topological polar surface area (TPSA) is 150 Å². The number of nitro benzene ring substituents is 1. The van der Waals surface area contributed by atoms with E-state index < -0.39 is 48.9 Å². The summed E-state index contributed by atoms with van der Waals surface area (Å²) in [7, 11) is -4.00. The zero-order chi connectivity index (χ0) is 27.3. The zero-order valence-corrected chi connectivity index (χ0v) is 20.0. The van der Waals surface area contributed by atoms with Crippen LogP contribution in [0.2, 0.25) is 5.02 Å². The van der Waals surface area contributed by atoms with E-state index in [9.17, 15) is 46.1 Å². The Morgan fingerprint density at radius 2 is 1.67 bits per heavy atom. The summed E-state index contributed by atoms with van der Waals surface area (Å²) >= 11 is 5.76. The van der Waals surface area contributed by atoms with E-state index in [4.69, 9.17) is 16.3 Å². The molecule has 0 saturated heterocycles. The van der Waals surface area contributed by atoms with Crippen molar-refractivity contribution in [3.05, 3.63) is 62.7 Å². The summed E-state index contributed by atoms with van der Waals surface area (Å²) in [5.41, 5.74) is -2.34. The van der Waals surface area contributed by atoms with E-state index in [1.807, 2.05) is 0 Å². The van der Waals surface area contributed by atoms with Crippen LogP contribution in [0.3, 0.4) is 0 Å². The summed E-state index contributed by atoms with van der Waals surface area (Å²) in [4.78, 5) is 43.0. The van der Waals surface area contributed by atoms with E-state index in [2.05, 4.69) is 0 Å². The van der Waals surface area contributed by atoms with Crippen LogP contribution in [0.4, 0.5) is 18.9 Å². The first-order valence-electron chi connectivity index (χ1n) is 9.99. The molecule has 1 amide bonds. The number of carbonyl (C=O) groups excluding carboxylic acids is 3. The van der Waals surface area contributed by atoms with E-state index in [0.717, 1.165) is 37.1 Å². The van der Waals surface area contributed by atoms with Crippen LogP contribution in [0, 0.1) is 10.1 Å². The van der Waals surface area contributed by atoms with Crippen LogP contribution in [-0.4, -0.2) is 37.1 Å². The maximum Gasteiger partial charge on any atom is 0.416 e. The second-order valence-corrected chi connectivity index (χ2v) is 9.59. The molecule has 15 heteroatoms. The van der Waals surface area contributed by atoms with Crippen LogP contribution in [0.25, 0.3) is 0 Å². The molecule has 2 aromatic carbocycles. The molecule has 0 spiro atoms. The lowest BCUT2D eigenvalue weighted by molar-refractivity contribution is -0.385. The van der Waals surface area contributed by atoms with Gasteiger partial charge in [-0.3, -0.25) is 24.5 Å². The predicted molar refractivity (Wildman–Crippen MR) is 120 cm³/mol. The number of alkyl halides is 3. The molecular formula is C21H18ClF3N2O8S. The molecule has 194 valence electrons. The van der Waals surface area contributed by atoms with Gasteiger partial charge in [-0.2, -0.15) is 13.2 Å². The second kappa shape index (κ2) is 11.5. The Bertz CT molecular complexity index is 1300. The van der Waals surface area contributed by atoms with Gasteiger partial charge in [-0.25, -0.2) is 13.1 Å². The van der Waals surface area contributed by atoms with Crippen LogP contribution in [0.1, 0.15) is 41.6 Å². The second-order valence-electron chi connectivity index (χ2n) is 7.44. The van der Waals surface area contributed by atoms with E-state index in [1.54, 1.807) is 4.72 Å². The van der Waals surface area contributed by atoms with E-state index in [-0.39, 0.29) is 23.1 Å². The molecule has 0 atom stereocenters. The lowest BCUT2D eigenvalue weighted by Crippen LogP contribution is -2.29. The number of hydrogen-bond donors (Lipinski definition) is 1. The normalized spacial score (nSPS) is 13.9. The van der Waals surface area contributed by atoms with Gasteiger partial charge in [-0.1, -0.05) is 11.6 Å². The fraction of sp³-hybridized carbons (Fsp3) is 0.286. The summed E-state index contributed by atoms with van der Waals surface area (Å²) in [5.74, 6) is -2.02. The Morgan fingerprint density at radius 1 is 1.08 bits per heavy atom. The lowest BCUT2D eigenvalue weighted by atomic mass is 9.98. The number of nitrogens with one attached hydrogen (secondary N) is 1. The maximum atomic E-state index is 12.7. The van der Waals surface area contributed by atoms with Gasteiger partial charge in [0.2, 0.25) is 10.0 Å². The lowest BCUT2D eigenvalue weighted by Gasteiger charge is -2.12. The highest BCUT2D eigenvalue weighted by Crippen LogP contribution is 2.37. The number of nitro groups is 1. The van der Waals surface area contributed by atoms with Gasteiger partial charge in [-0.15, -0.1) is 0 Å². The molecule has 0 heterocycles. The summed E-state index contributed by atoms with van der Waals surface area (Å²) in [6.07, 6.45) is -1.15. The van der Waals surface area contributed by atoms with Crippen LogP contribution < -0.4 is 9.46 Å². The van der Waals surface area contributed by atoms with E-state index in [0.29, 0.717) is 31.2 Å². The largest absolute Gasteiger partial charge is 0.456 e. The Kier molecular flexibility index (Phi) is 9.15. The molecule has 1 fully saturated rings. The molecule has 1 aliphatic rings. The molecular weight excluding hydrogens is 533 g/mol. The Labute approximate surface area is 207 Å². The van der Waals surface area contributed by atoms with E-state index in [1.165, 1.54) is 0 Å². The number of ether oxygens (including phenoxy) is 1. The number of rotatable bonds is 5. The van der Waals surface area contributed by atoms with Gasteiger partial charge in [0, 0.05) is 25.0 Å². The Balaban J connectivity index is 0.000000482. The van der Waals surface area contributed by atoms with Gasteiger partial charge < -0.3 is 4.74 Å². The van der Waals surface area contributed by atoms with Crippen molar-refractivity contribution in [2.75, 3.05) is 6.26 Å². The van der Waals surface area contributed by atoms with Crippen molar-refractivity contribution in [1.29, 1.82) is 0 Å². The van der Waals surface area contributed by atoms with Gasteiger partial charge in [0.05, 0.1) is 21.8 Å². The quantitative estimate of drug-likeness (QED) is 0.326. The molecule has 0 bridgehead atoms. The van der Waals surface area contributed by atoms with Crippen molar-refractivity contribution >= 4 is 44.8 Å². The van der Waals surface area contributed by atoms with Crippen molar-refractivity contribution in [3.63, 3.8) is 0 Å². The highest BCUT2D eigenvalue weighted by molar-refractivity contribution is 7.89. The van der Waals surface area contributed by atoms with Gasteiger partial charge in [0.15, 0.2) is 11.6 Å². The van der Waals surface area contributed by atoms with Crippen molar-refractivity contribution in [1.82, 2.24) is 4.72 Å². The predicted octanol–water partition coefficient (Wildman–Crippen LogP) is 4.45. The minimum atomic E-state index is -4.62. The van der Waals surface area contributed by atoms with Crippen LogP contribution in [0.5, 0.6) is 11.5 Å². The first-order valence-corrected chi connectivity index (χ1v) is 12.3. The van der Waals surface area contributed by atoms with Crippen molar-refractivity contribution in [2.24, 2.45) is 0 Å². The van der Waals surface area contributed by atoms with Crippen molar-refractivity contribution in [2.45, 2.75) is 31.9 Å². The van der Waals surface area contributed by atoms with Crippen molar-refractivity contribution in [3.8, 4) is 11.5 Å². The number of amides is 1. The molecule has 1 saturated carbocycles. The highest BCUT2D eigenvalue weighted by atomic mass is 35.5. The molecule has 36 heavy (non-hydrogen) atoms. The average Bonchev–Trinajstić information content (AvgIpc) is 2.75. The fourth-order valence-electron chi connectivity index (χ4n) is 2.88. The first kappa shape index (κ1) is 28.7. The summed E-state index contributed by atoms with van der Waals surface area (Å²) in [6.45, 7) is 0. The van der Waals surface area contributed by atoms with Gasteiger partial charge >= 0.3 is 6.18 Å². The SMILES string of the molecule is CS(=O)(=O)NC(=O)c1cc(Oc2ccc(C(F)(F)F)cc2Cl)ccc1[N+](=O)[O-].O=C1CCCCC1=O. The standard InChI is InChI=1S/C15H10ClF3N2O6S.C6H8O2/c1-28(25,26)20-14(22)10-7-9(3-4-12(10)21(23)24)27-13-5-2-8(6-11(13)16)15(17,18)19;7-5-3-1-2-4-6(5)8/h2-7H,1H3,(H,20,22);1-4H2. The van der Waals surface area contributed by atoms with E-state index >= 15 is 0 Å². The van der Waals surface area contributed by atoms with Crippen LogP contribution in [-0.2, 0) is 25.8 Å². The number of nitrogens with zero attached hydrogens (tertiary/aromatic N) is 1. The Morgan fingerprint density at radius 3 is 2.11 bits per heavy atom. The fourth-order valence-corrected chi connectivity index (χ4v) is 3.55. The molecule has 1 N–H and O–H groups in total. The molecule has 10 nitrogen and oxygen atoms in total. The number of Topliss-reactive ketones (excluding diaryl/α,β-unsaturated/α-hetero) is 2. The van der Waals surface area contributed by atoms with Crippen LogP contribution in [0.15, 0.2) is 36.4 Å². The average molecular weight is 551 g/mol. The third-order valence-corrected chi connectivity index (χ3v) is 5.39. The number of carbonyl (C=O) groups is 3. The molecule has 0 aliphatic heterocycles. The molecule has 0 aromatic heterocycles. The summed E-state index contributed by atoms with van der Waals surface area (Å²) in [6, 6.07) is 5.09. The smallest absolute Gasteiger partial charge is 0.416 e. The minimum absolute atomic E-state index is 0.170. The van der Waals surface area contributed by atoms with Gasteiger partial charge in [0.1, 0.15) is 17.1 Å². The third-order valence-electron chi connectivity index (χ3n) is 4.54. The maximum absolute atomic E-state index is 12.7. The summed E-state index contributed by atoms with van der Waals surface area (Å²) in [5, 5.41) is 10.7. The number of halogens is 4. The molecule has 1 aliphatic carbocycles. The molecule has 0 radical (unpaired) electrons. The number of benzene rings is 2. The Hall–Kier alpha value is -3.52. The van der Waals surface area contributed by atoms with Gasteiger partial charge in [0.25, 0.3) is 11.6 Å². The van der Waals surface area contributed by atoms with Crippen LogP contribution >= 0.6 is 11.6 Å². The van der Waals surface area contributed by atoms with Crippen molar-refractivity contribution < 1.29 is 45.6 Å². The van der Waals surface area contributed by atoms with Gasteiger partial charge in [-0.05, 0) is 37.1 Å². The molecule has 3 rings (SSSR count). The molecule has 0 unspecified atom stereocenters. The minimum Gasteiger partial charge on any atom is -0.456 e. The number of hydrogen-bond acceptors (Lipinski definition) is 8. The number of sulfonamides is 1. The number of ketones is 2. The first-order chi connectivity index (χ1) is 16.6. The summed E-state index contributed by atoms with van der Waals surface area (Å²) < 4.78 is 67.2.